The van der Waals surface area contributed by atoms with E-state index in [0.717, 1.165) is 184 Å². The molecule has 3 aromatic heterocycles. The molecule has 7 N–H and O–H groups in total. The lowest BCUT2D eigenvalue weighted by atomic mass is 9.83. The predicted molar refractivity (Wildman–Crippen MR) is 385 cm³/mol. The van der Waals surface area contributed by atoms with Gasteiger partial charge in [0.15, 0.2) is 0 Å². The number of para-hydroxylation sites is 3. The van der Waals surface area contributed by atoms with Crippen molar-refractivity contribution < 1.29 is 27.4 Å². The summed E-state index contributed by atoms with van der Waals surface area (Å²) in [5, 5.41) is 51.8. The van der Waals surface area contributed by atoms with E-state index < -0.39 is 10.0 Å². The van der Waals surface area contributed by atoms with Crippen LogP contribution in [0.4, 0.5) is 0 Å². The number of nitrogens with one attached hydrogen (secondary N) is 5. The second-order valence-electron chi connectivity index (χ2n) is 26.3. The zero-order valence-corrected chi connectivity index (χ0v) is 57.7. The van der Waals surface area contributed by atoms with Crippen molar-refractivity contribution >= 4 is 32.6 Å². The van der Waals surface area contributed by atoms with Crippen molar-refractivity contribution in [1.82, 2.24) is 86.6 Å². The Labute approximate surface area is 583 Å². The fourth-order valence-corrected chi connectivity index (χ4v) is 14.1. The molecule has 3 spiro atoms. The molecule has 6 aliphatic heterocycles. The smallest absolute Gasteiger partial charge is 0.216 e. The van der Waals surface area contributed by atoms with E-state index in [9.17, 15) is 13.2 Å². The number of amides is 1. The maximum atomic E-state index is 11.1. The fraction of sp³-hybridized carbons (Fsp3) is 0.387. The Morgan fingerprint density at radius 2 is 0.760 bits per heavy atom. The molecule has 9 aromatic rings. The van der Waals surface area contributed by atoms with Gasteiger partial charge >= 0.3 is 0 Å². The number of unbranched alkanes of at least 4 members (excludes halogenated alkanes) is 3. The zero-order valence-electron chi connectivity index (χ0n) is 56.9. The molecule has 25 heteroatoms. The van der Waals surface area contributed by atoms with Gasteiger partial charge in [0.25, 0.3) is 0 Å². The molecule has 3 fully saturated rings. The Morgan fingerprint density at radius 3 is 1.08 bits per heavy atom. The lowest BCUT2D eigenvalue weighted by Crippen LogP contribution is -2.46. The molecule has 6 aliphatic rings. The molecule has 1 amide bonds. The third-order valence-corrected chi connectivity index (χ3v) is 19.6. The molecule has 0 unspecified atom stereocenters. The summed E-state index contributed by atoms with van der Waals surface area (Å²) in [5.74, 6) is 4.69. The van der Waals surface area contributed by atoms with Crippen LogP contribution in [-0.4, -0.2) is 157 Å². The molecule has 0 radical (unpaired) electrons. The van der Waals surface area contributed by atoms with E-state index in [1.54, 1.807) is 14.4 Å². The van der Waals surface area contributed by atoms with Gasteiger partial charge in [-0.3, -0.25) is 4.79 Å². The zero-order chi connectivity index (χ0) is 68.8. The van der Waals surface area contributed by atoms with Crippen LogP contribution in [0.15, 0.2) is 164 Å². The van der Waals surface area contributed by atoms with Crippen molar-refractivity contribution in [3.8, 4) is 51.4 Å². The molecule has 6 aromatic carbocycles. The lowest BCUT2D eigenvalue weighted by molar-refractivity contribution is -0.118. The number of tetrazole rings is 3. The standard InChI is InChI=1S/C26H30N6O2.C25H30N6O3S.C24H28N6O/c1-19(33)28-14-4-5-17-32-30-25(29-31-32)21-10-8-20(9-11-21)23-18-26(12-15-27-16-13-26)34-24-7-3-2-6-22(23)24;1-35(32,33)27-14-4-5-17-31-29-24(28-30-31)20-10-8-19(9-11-20)22-18-25(12-15-26-16-13-25)34-23-7-3-2-6-21(22)23;25-13-3-4-16-30-28-23(27-29-30)19-9-7-18(8-10-19)21-17-24(11-14-26-15-12-24)31-22-6-2-1-5-20(21)22/h2-3,6-11,18,27H,4-5,12-17H2,1H3,(H,28,33);2-3,6-11,18,26-27H,4-5,12-17H2,1H3;1-2,5-10,17,26H,3-4,11-16,25H2. The van der Waals surface area contributed by atoms with Crippen molar-refractivity contribution in [2.24, 2.45) is 5.73 Å². The topological polar surface area (TPSA) is 296 Å². The summed E-state index contributed by atoms with van der Waals surface area (Å²) in [5.41, 5.74) is 18.1. The molecular formula is C75H88N18O6S. The molecule has 0 saturated carbocycles. The first-order chi connectivity index (χ1) is 48.8. The summed E-state index contributed by atoms with van der Waals surface area (Å²) in [7, 11) is -3.15. The van der Waals surface area contributed by atoms with Crippen molar-refractivity contribution in [2.75, 3.05) is 65.2 Å². The molecule has 520 valence electrons. The van der Waals surface area contributed by atoms with Gasteiger partial charge in [0.05, 0.1) is 25.9 Å². The first kappa shape index (κ1) is 68.9. The predicted octanol–water partition coefficient (Wildman–Crippen LogP) is 8.84. The highest BCUT2D eigenvalue weighted by atomic mass is 32.2. The minimum Gasteiger partial charge on any atom is -0.482 e. The van der Waals surface area contributed by atoms with Crippen LogP contribution in [0.2, 0.25) is 0 Å². The molecule has 9 heterocycles. The molecule has 24 nitrogen and oxygen atoms in total. The number of carbonyl (C=O) groups excluding carboxylic acids is 1. The second kappa shape index (κ2) is 31.7. The first-order valence-electron chi connectivity index (χ1n) is 35.0. The number of nitrogens with zero attached hydrogens (tertiary/aromatic N) is 12. The lowest BCUT2D eigenvalue weighted by Gasteiger charge is -2.40. The summed E-state index contributed by atoms with van der Waals surface area (Å²) in [6.45, 7) is 11.0. The maximum absolute atomic E-state index is 11.1. The van der Waals surface area contributed by atoms with E-state index in [0.29, 0.717) is 56.6 Å². The normalized spacial score (nSPS) is 16.9. The average molecular weight is 1370 g/mol. The second-order valence-corrected chi connectivity index (χ2v) is 28.2. The summed E-state index contributed by atoms with van der Waals surface area (Å²) in [6, 6.07) is 49.9. The van der Waals surface area contributed by atoms with Crippen LogP contribution in [0.1, 0.15) is 117 Å². The highest BCUT2D eigenvalue weighted by molar-refractivity contribution is 7.88. The number of aryl methyl sites for hydroxylation is 3. The number of hydrogen-bond donors (Lipinski definition) is 6. The number of benzene rings is 6. The van der Waals surface area contributed by atoms with E-state index in [4.69, 9.17) is 19.9 Å². The molecular weight excluding hydrogens is 1280 g/mol. The monoisotopic (exact) mass is 1370 g/mol. The number of sulfonamides is 1. The van der Waals surface area contributed by atoms with E-state index in [-0.39, 0.29) is 22.7 Å². The van der Waals surface area contributed by atoms with Crippen molar-refractivity contribution in [3.05, 3.63) is 197 Å². The molecule has 100 heavy (non-hydrogen) atoms. The summed E-state index contributed by atoms with van der Waals surface area (Å²) < 4.78 is 44.2. The average Bonchev–Trinajstić information content (AvgIpc) is 1.37. The van der Waals surface area contributed by atoms with Gasteiger partial charge in [0.2, 0.25) is 33.4 Å². The molecule has 0 atom stereocenters. The van der Waals surface area contributed by atoms with Crippen LogP contribution in [0.5, 0.6) is 17.2 Å². The number of carbonyl (C=O) groups is 1. The highest BCUT2D eigenvalue weighted by Gasteiger charge is 2.40. The van der Waals surface area contributed by atoms with Gasteiger partial charge in [-0.05, 0) is 170 Å². The summed E-state index contributed by atoms with van der Waals surface area (Å²) in [6.07, 6.45) is 19.0. The highest BCUT2D eigenvalue weighted by Crippen LogP contribution is 2.46. The van der Waals surface area contributed by atoms with Crippen LogP contribution in [-0.2, 0) is 34.5 Å². The minimum absolute atomic E-state index is 0.00413. The Morgan fingerprint density at radius 1 is 0.450 bits per heavy atom. The summed E-state index contributed by atoms with van der Waals surface area (Å²) in [4.78, 5) is 15.8. The van der Waals surface area contributed by atoms with Crippen molar-refractivity contribution in [1.29, 1.82) is 0 Å². The quantitative estimate of drug-likeness (QED) is 0.0366. The SMILES string of the molecule is CC(=O)NCCCCn1nnc(-c2ccc(C3=CC4(CCNCC4)Oc4ccccc43)cc2)n1.CS(=O)(=O)NCCCCn1nnc(-c2ccc(C3=CC4(CCNCC4)Oc4ccccc43)cc2)n1.NCCCCn1nnc(-c2ccc(C3=CC4(CCNCC4)Oc4ccccc43)cc2)n1. The molecule has 15 rings (SSSR count). The van der Waals surface area contributed by atoms with Crippen molar-refractivity contribution in [2.45, 2.75) is 120 Å². The Balaban J connectivity index is 0.000000135. The fourth-order valence-electron chi connectivity index (χ4n) is 13.5. The minimum atomic E-state index is -3.15. The van der Waals surface area contributed by atoms with Gasteiger partial charge in [-0.2, -0.15) is 14.4 Å². The van der Waals surface area contributed by atoms with Gasteiger partial charge in [0, 0.05) is 91.9 Å². The van der Waals surface area contributed by atoms with Crippen LogP contribution in [0.3, 0.4) is 0 Å². The number of ether oxygens (including phenoxy) is 3. The Bertz CT molecular complexity index is 4450. The van der Waals surface area contributed by atoms with Crippen molar-refractivity contribution in [3.63, 3.8) is 0 Å². The van der Waals surface area contributed by atoms with E-state index >= 15 is 0 Å². The third-order valence-electron chi connectivity index (χ3n) is 18.9. The molecule has 0 bridgehead atoms. The number of hydrogen-bond acceptors (Lipinski definition) is 19. The van der Waals surface area contributed by atoms with Crippen LogP contribution < -0.4 is 45.9 Å². The van der Waals surface area contributed by atoms with E-state index in [1.807, 2.05) is 36.4 Å². The van der Waals surface area contributed by atoms with E-state index in [2.05, 4.69) is 200 Å². The summed E-state index contributed by atoms with van der Waals surface area (Å²) >= 11 is 0. The van der Waals surface area contributed by atoms with E-state index in [1.165, 1.54) is 29.2 Å². The van der Waals surface area contributed by atoms with Crippen LogP contribution in [0, 0.1) is 0 Å². The van der Waals surface area contributed by atoms with Crippen LogP contribution >= 0.6 is 0 Å². The number of nitrogens with two attached hydrogens (primary N) is 1. The van der Waals surface area contributed by atoms with Gasteiger partial charge in [-0.1, -0.05) is 127 Å². The first-order valence-corrected chi connectivity index (χ1v) is 36.9. The molecule has 0 aliphatic carbocycles. The van der Waals surface area contributed by atoms with Crippen LogP contribution in [0.25, 0.3) is 50.9 Å². The van der Waals surface area contributed by atoms with Gasteiger partial charge in [0.1, 0.15) is 34.1 Å². The molecule has 3 saturated heterocycles. The number of rotatable bonds is 21. The number of fused-ring (bicyclic) bond motifs is 3. The largest absolute Gasteiger partial charge is 0.482 e. The maximum Gasteiger partial charge on any atom is 0.216 e. The third kappa shape index (κ3) is 17.1. The van der Waals surface area contributed by atoms with Gasteiger partial charge in [-0.25, -0.2) is 13.1 Å². The number of piperidine rings is 3. The van der Waals surface area contributed by atoms with Gasteiger partial charge in [-0.15, -0.1) is 30.6 Å². The Kier molecular flexibility index (Phi) is 21.8. The van der Waals surface area contributed by atoms with Gasteiger partial charge < -0.3 is 41.2 Å². The number of aromatic nitrogens is 12. The Hall–Kier alpha value is -9.63.